The lowest BCUT2D eigenvalue weighted by molar-refractivity contribution is -0.120. The third-order valence-electron chi connectivity index (χ3n) is 2.88. The lowest BCUT2D eigenvalue weighted by atomic mass is 10.2. The van der Waals surface area contributed by atoms with E-state index in [0.717, 1.165) is 24.1 Å². The minimum Gasteiger partial charge on any atom is -0.360 e. The zero-order valence-corrected chi connectivity index (χ0v) is 11.5. The second-order valence-electron chi connectivity index (χ2n) is 4.53. The van der Waals surface area contributed by atoms with Gasteiger partial charge in [-0.15, -0.1) is 0 Å². The Hall–Kier alpha value is -1.60. The maximum atomic E-state index is 11.3. The zero-order chi connectivity index (χ0) is 13.9. The first-order valence-electron chi connectivity index (χ1n) is 5.99. The van der Waals surface area contributed by atoms with E-state index in [9.17, 15) is 13.2 Å². The molecule has 1 aromatic rings. The Bertz CT molecular complexity index is 554. The molecule has 6 nitrogen and oxygen atoms in total. The fraction of sp³-hybridized carbons (Fsp3) is 0.417. The molecular weight excluding hydrogens is 266 g/mol. The SMILES string of the molecule is CS(=O)(=O)NCc1ccc(N2CCNC(=O)C2)cc1. The summed E-state index contributed by atoms with van der Waals surface area (Å²) in [5, 5.41) is 2.77. The Morgan fingerprint density at radius 3 is 2.58 bits per heavy atom. The van der Waals surface area contributed by atoms with Crippen LogP contribution in [0.4, 0.5) is 5.69 Å². The summed E-state index contributed by atoms with van der Waals surface area (Å²) in [6.45, 7) is 2.07. The van der Waals surface area contributed by atoms with Crippen LogP contribution in [0.25, 0.3) is 0 Å². The zero-order valence-electron chi connectivity index (χ0n) is 10.7. The van der Waals surface area contributed by atoms with Gasteiger partial charge in [-0.3, -0.25) is 4.79 Å². The molecule has 0 radical (unpaired) electrons. The topological polar surface area (TPSA) is 78.5 Å². The summed E-state index contributed by atoms with van der Waals surface area (Å²) in [5.74, 6) is 0.0223. The Morgan fingerprint density at radius 1 is 1.32 bits per heavy atom. The molecule has 1 aliphatic heterocycles. The number of nitrogens with zero attached hydrogens (tertiary/aromatic N) is 1. The van der Waals surface area contributed by atoms with Gasteiger partial charge in [0.25, 0.3) is 0 Å². The number of anilines is 1. The molecular formula is C12H17N3O3S. The standard InChI is InChI=1S/C12H17N3O3S/c1-19(17,18)14-8-10-2-4-11(5-3-10)15-7-6-13-12(16)9-15/h2-5,14H,6-9H2,1H3,(H,13,16). The van der Waals surface area contributed by atoms with Crippen molar-refractivity contribution in [2.24, 2.45) is 0 Å². The molecule has 0 atom stereocenters. The predicted octanol–water partition coefficient (Wildman–Crippen LogP) is -0.328. The average molecular weight is 283 g/mol. The second kappa shape index (κ2) is 5.58. The first kappa shape index (κ1) is 13.8. The maximum absolute atomic E-state index is 11.3. The van der Waals surface area contributed by atoms with Crippen LogP contribution < -0.4 is 14.9 Å². The molecule has 0 spiro atoms. The molecule has 1 saturated heterocycles. The van der Waals surface area contributed by atoms with Crippen LogP contribution >= 0.6 is 0 Å². The molecule has 1 heterocycles. The Balaban J connectivity index is 2.00. The molecule has 1 aliphatic rings. The van der Waals surface area contributed by atoms with Crippen LogP contribution in [-0.2, 0) is 21.4 Å². The largest absolute Gasteiger partial charge is 0.360 e. The Labute approximate surface area is 112 Å². The first-order valence-corrected chi connectivity index (χ1v) is 7.88. The molecule has 0 aromatic heterocycles. The van der Waals surface area contributed by atoms with Crippen molar-refractivity contribution >= 4 is 21.6 Å². The number of carbonyl (C=O) groups is 1. The number of hydrogen-bond acceptors (Lipinski definition) is 4. The molecule has 1 amide bonds. The molecule has 0 unspecified atom stereocenters. The second-order valence-corrected chi connectivity index (χ2v) is 6.36. The van der Waals surface area contributed by atoms with Crippen molar-refractivity contribution in [3.8, 4) is 0 Å². The summed E-state index contributed by atoms with van der Waals surface area (Å²) in [6.07, 6.45) is 1.13. The van der Waals surface area contributed by atoms with Crippen LogP contribution in [-0.4, -0.2) is 40.2 Å². The van der Waals surface area contributed by atoms with Gasteiger partial charge in [-0.2, -0.15) is 0 Å². The van der Waals surface area contributed by atoms with Crippen molar-refractivity contribution < 1.29 is 13.2 Å². The number of nitrogens with one attached hydrogen (secondary N) is 2. The third-order valence-corrected chi connectivity index (χ3v) is 3.55. The minimum absolute atomic E-state index is 0.0223. The maximum Gasteiger partial charge on any atom is 0.239 e. The summed E-state index contributed by atoms with van der Waals surface area (Å²) in [5.41, 5.74) is 1.86. The molecule has 7 heteroatoms. The smallest absolute Gasteiger partial charge is 0.239 e. The first-order chi connectivity index (χ1) is 8.94. The summed E-state index contributed by atoms with van der Waals surface area (Å²) >= 11 is 0. The van der Waals surface area contributed by atoms with Crippen LogP contribution in [0.15, 0.2) is 24.3 Å². The van der Waals surface area contributed by atoms with E-state index in [4.69, 9.17) is 0 Å². The number of carbonyl (C=O) groups excluding carboxylic acids is 1. The van der Waals surface area contributed by atoms with E-state index in [-0.39, 0.29) is 12.5 Å². The van der Waals surface area contributed by atoms with Crippen molar-refractivity contribution in [3.05, 3.63) is 29.8 Å². The average Bonchev–Trinajstić information content (AvgIpc) is 2.36. The molecule has 2 N–H and O–H groups in total. The number of amides is 1. The van der Waals surface area contributed by atoms with Gasteiger partial charge >= 0.3 is 0 Å². The lowest BCUT2D eigenvalue weighted by Gasteiger charge is -2.28. The van der Waals surface area contributed by atoms with Gasteiger partial charge in [-0.25, -0.2) is 13.1 Å². The van der Waals surface area contributed by atoms with Gasteiger partial charge in [0.1, 0.15) is 0 Å². The molecule has 19 heavy (non-hydrogen) atoms. The molecule has 1 aromatic carbocycles. The van der Waals surface area contributed by atoms with Gasteiger partial charge < -0.3 is 10.2 Å². The Morgan fingerprint density at radius 2 is 2.00 bits per heavy atom. The molecule has 104 valence electrons. The number of hydrogen-bond donors (Lipinski definition) is 2. The van der Waals surface area contributed by atoms with Crippen LogP contribution in [0.3, 0.4) is 0 Å². The lowest BCUT2D eigenvalue weighted by Crippen LogP contribution is -2.47. The van der Waals surface area contributed by atoms with Crippen molar-refractivity contribution in [1.82, 2.24) is 10.0 Å². The molecule has 1 fully saturated rings. The van der Waals surface area contributed by atoms with Crippen LogP contribution in [0.5, 0.6) is 0 Å². The van der Waals surface area contributed by atoms with Gasteiger partial charge in [0.2, 0.25) is 15.9 Å². The summed E-state index contributed by atoms with van der Waals surface area (Å²) in [6, 6.07) is 7.52. The molecule has 0 aliphatic carbocycles. The fourth-order valence-electron chi connectivity index (χ4n) is 1.90. The number of rotatable bonds is 4. The van der Waals surface area contributed by atoms with E-state index in [0.29, 0.717) is 13.1 Å². The van der Waals surface area contributed by atoms with Crippen LogP contribution in [0, 0.1) is 0 Å². The third kappa shape index (κ3) is 4.22. The quantitative estimate of drug-likeness (QED) is 0.793. The van der Waals surface area contributed by atoms with E-state index in [1.54, 1.807) is 0 Å². The number of piperazine rings is 1. The van der Waals surface area contributed by atoms with Gasteiger partial charge in [0.05, 0.1) is 12.8 Å². The predicted molar refractivity (Wildman–Crippen MR) is 73.3 cm³/mol. The highest BCUT2D eigenvalue weighted by Crippen LogP contribution is 2.16. The van der Waals surface area contributed by atoms with E-state index < -0.39 is 10.0 Å². The highest BCUT2D eigenvalue weighted by molar-refractivity contribution is 7.88. The van der Waals surface area contributed by atoms with E-state index in [1.807, 2.05) is 29.2 Å². The highest BCUT2D eigenvalue weighted by atomic mass is 32.2. The van der Waals surface area contributed by atoms with Crippen molar-refractivity contribution in [3.63, 3.8) is 0 Å². The molecule has 0 bridgehead atoms. The normalized spacial score (nSPS) is 16.3. The van der Waals surface area contributed by atoms with E-state index in [1.165, 1.54) is 0 Å². The fourth-order valence-corrected chi connectivity index (χ4v) is 2.33. The molecule has 0 saturated carbocycles. The summed E-state index contributed by atoms with van der Waals surface area (Å²) in [7, 11) is -3.17. The number of benzene rings is 1. The van der Waals surface area contributed by atoms with Crippen molar-refractivity contribution in [2.45, 2.75) is 6.54 Å². The minimum atomic E-state index is -3.17. The van der Waals surface area contributed by atoms with Crippen molar-refractivity contribution in [1.29, 1.82) is 0 Å². The van der Waals surface area contributed by atoms with Crippen LogP contribution in [0.1, 0.15) is 5.56 Å². The monoisotopic (exact) mass is 283 g/mol. The number of sulfonamides is 1. The highest BCUT2D eigenvalue weighted by Gasteiger charge is 2.16. The summed E-state index contributed by atoms with van der Waals surface area (Å²) < 4.78 is 24.4. The van der Waals surface area contributed by atoms with Crippen molar-refractivity contribution in [2.75, 3.05) is 30.8 Å². The summed E-state index contributed by atoms with van der Waals surface area (Å²) in [4.78, 5) is 13.3. The van der Waals surface area contributed by atoms with E-state index in [2.05, 4.69) is 10.0 Å². The Kier molecular flexibility index (Phi) is 4.06. The molecule has 2 rings (SSSR count). The van der Waals surface area contributed by atoms with Gasteiger partial charge in [-0.05, 0) is 17.7 Å². The van der Waals surface area contributed by atoms with Gasteiger partial charge in [0.15, 0.2) is 0 Å². The van der Waals surface area contributed by atoms with E-state index >= 15 is 0 Å². The van der Waals surface area contributed by atoms with Crippen LogP contribution in [0.2, 0.25) is 0 Å². The van der Waals surface area contributed by atoms with Gasteiger partial charge in [0, 0.05) is 25.3 Å². The van der Waals surface area contributed by atoms with Gasteiger partial charge in [-0.1, -0.05) is 12.1 Å².